The van der Waals surface area contributed by atoms with Gasteiger partial charge in [-0.2, -0.15) is 0 Å². The van der Waals surface area contributed by atoms with E-state index in [4.69, 9.17) is 16.3 Å². The summed E-state index contributed by atoms with van der Waals surface area (Å²) in [5.41, 5.74) is 1.48. The molecular formula is C25H20ClNO4. The molecule has 1 heterocycles. The van der Waals surface area contributed by atoms with E-state index >= 15 is 0 Å². The molecule has 1 aliphatic heterocycles. The molecule has 0 saturated carbocycles. The van der Waals surface area contributed by atoms with Crippen molar-refractivity contribution < 1.29 is 19.4 Å². The normalized spacial score (nSPS) is 17.7. The fourth-order valence-electron chi connectivity index (χ4n) is 3.73. The zero-order chi connectivity index (χ0) is 22.0. The largest absolute Gasteiger partial charge is 0.507 e. The molecule has 6 heteroatoms. The molecule has 1 N–H and O–H groups in total. The summed E-state index contributed by atoms with van der Waals surface area (Å²) in [4.78, 5) is 27.6. The Morgan fingerprint density at radius 2 is 1.65 bits per heavy atom. The fraction of sp³-hybridized carbons (Fsp3) is 0.120. The van der Waals surface area contributed by atoms with Crippen LogP contribution in [0, 0.1) is 0 Å². The average Bonchev–Trinajstić information content (AvgIpc) is 3.06. The fourth-order valence-corrected chi connectivity index (χ4v) is 3.93. The van der Waals surface area contributed by atoms with E-state index in [1.165, 1.54) is 4.90 Å². The van der Waals surface area contributed by atoms with E-state index in [1.807, 2.05) is 43.3 Å². The number of halogens is 1. The summed E-state index contributed by atoms with van der Waals surface area (Å²) < 4.78 is 5.51. The van der Waals surface area contributed by atoms with Gasteiger partial charge in [0.25, 0.3) is 11.7 Å². The van der Waals surface area contributed by atoms with Crippen molar-refractivity contribution in [3.05, 3.63) is 101 Å². The molecule has 0 spiro atoms. The van der Waals surface area contributed by atoms with Crippen LogP contribution in [0.5, 0.6) is 5.75 Å². The number of ether oxygens (including phenoxy) is 1. The van der Waals surface area contributed by atoms with Crippen LogP contribution in [-0.4, -0.2) is 23.4 Å². The molecule has 1 saturated heterocycles. The summed E-state index contributed by atoms with van der Waals surface area (Å²) in [7, 11) is 0. The molecule has 156 valence electrons. The zero-order valence-corrected chi connectivity index (χ0v) is 17.5. The van der Waals surface area contributed by atoms with Crippen LogP contribution in [0.3, 0.4) is 0 Å². The van der Waals surface area contributed by atoms with Gasteiger partial charge in [-0.15, -0.1) is 0 Å². The van der Waals surface area contributed by atoms with Crippen LogP contribution >= 0.6 is 11.6 Å². The van der Waals surface area contributed by atoms with Crippen LogP contribution in [0.2, 0.25) is 5.02 Å². The third-order valence-corrected chi connectivity index (χ3v) is 5.43. The number of aliphatic hydroxyl groups is 1. The number of hydrogen-bond acceptors (Lipinski definition) is 4. The molecule has 0 radical (unpaired) electrons. The SMILES string of the molecule is CCOc1ccc(Cl)c(/C(O)=C2\C(=O)C(=O)N(c3ccccc3)C2c2ccccc2)c1. The summed E-state index contributed by atoms with van der Waals surface area (Å²) >= 11 is 6.34. The van der Waals surface area contributed by atoms with Gasteiger partial charge in [0.1, 0.15) is 11.5 Å². The number of nitrogens with zero attached hydrogens (tertiary/aromatic N) is 1. The maximum atomic E-state index is 13.1. The minimum atomic E-state index is -0.796. The molecule has 5 nitrogen and oxygen atoms in total. The molecule has 1 aliphatic rings. The predicted octanol–water partition coefficient (Wildman–Crippen LogP) is 5.37. The van der Waals surface area contributed by atoms with E-state index in [9.17, 15) is 14.7 Å². The van der Waals surface area contributed by atoms with Crippen LogP contribution in [0.1, 0.15) is 24.1 Å². The molecule has 4 rings (SSSR count). The Labute approximate surface area is 185 Å². The Balaban J connectivity index is 1.94. The molecule has 31 heavy (non-hydrogen) atoms. The number of aliphatic hydroxyl groups excluding tert-OH is 1. The number of amides is 1. The van der Waals surface area contributed by atoms with Gasteiger partial charge < -0.3 is 9.84 Å². The standard InChI is InChI=1S/C25H20ClNO4/c1-2-31-18-13-14-20(26)19(15-18)23(28)21-22(16-9-5-3-6-10-16)27(25(30)24(21)29)17-11-7-4-8-12-17/h3-15,22,28H,2H2,1H3/b23-21+. The first-order valence-electron chi connectivity index (χ1n) is 9.86. The van der Waals surface area contributed by atoms with Crippen LogP contribution in [0.25, 0.3) is 5.76 Å². The summed E-state index contributed by atoms with van der Waals surface area (Å²) in [6, 6.07) is 22.1. The lowest BCUT2D eigenvalue weighted by molar-refractivity contribution is -0.132. The summed E-state index contributed by atoms with van der Waals surface area (Å²) in [6.45, 7) is 2.28. The van der Waals surface area contributed by atoms with Crippen LogP contribution < -0.4 is 9.64 Å². The van der Waals surface area contributed by atoms with E-state index in [0.29, 0.717) is 23.6 Å². The predicted molar refractivity (Wildman–Crippen MR) is 120 cm³/mol. The zero-order valence-electron chi connectivity index (χ0n) is 16.8. The number of hydrogen-bond donors (Lipinski definition) is 1. The first-order chi connectivity index (χ1) is 15.0. The van der Waals surface area contributed by atoms with Crippen molar-refractivity contribution in [2.45, 2.75) is 13.0 Å². The Bertz CT molecular complexity index is 1160. The third-order valence-electron chi connectivity index (χ3n) is 5.10. The Morgan fingerprint density at radius 1 is 1.00 bits per heavy atom. The average molecular weight is 434 g/mol. The van der Waals surface area contributed by atoms with E-state index in [2.05, 4.69) is 0 Å². The maximum absolute atomic E-state index is 13.1. The number of Topliss-reactive ketones (excluding diaryl/α,β-unsaturated/α-hetero) is 1. The van der Waals surface area contributed by atoms with Gasteiger partial charge >= 0.3 is 0 Å². The number of carbonyl (C=O) groups is 2. The highest BCUT2D eigenvalue weighted by atomic mass is 35.5. The van der Waals surface area contributed by atoms with Gasteiger partial charge in [0.15, 0.2) is 0 Å². The maximum Gasteiger partial charge on any atom is 0.300 e. The monoisotopic (exact) mass is 433 g/mol. The molecular weight excluding hydrogens is 414 g/mol. The van der Waals surface area contributed by atoms with E-state index < -0.39 is 17.7 Å². The van der Waals surface area contributed by atoms with Crippen molar-refractivity contribution in [3.63, 3.8) is 0 Å². The smallest absolute Gasteiger partial charge is 0.300 e. The van der Waals surface area contributed by atoms with Gasteiger partial charge in [-0.25, -0.2) is 0 Å². The number of ketones is 1. The minimum Gasteiger partial charge on any atom is -0.507 e. The van der Waals surface area contributed by atoms with Crippen molar-refractivity contribution >= 4 is 34.7 Å². The number of carbonyl (C=O) groups excluding carboxylic acids is 2. The minimum absolute atomic E-state index is 0.0180. The highest BCUT2D eigenvalue weighted by Gasteiger charge is 2.47. The molecule has 0 aromatic heterocycles. The van der Waals surface area contributed by atoms with Gasteiger partial charge in [-0.05, 0) is 42.8 Å². The second-order valence-electron chi connectivity index (χ2n) is 6.99. The van der Waals surface area contributed by atoms with E-state index in [0.717, 1.165) is 0 Å². The molecule has 1 fully saturated rings. The highest BCUT2D eigenvalue weighted by molar-refractivity contribution is 6.52. The van der Waals surface area contributed by atoms with Crippen molar-refractivity contribution in [1.29, 1.82) is 0 Å². The molecule has 0 bridgehead atoms. The van der Waals surface area contributed by atoms with Crippen LogP contribution in [-0.2, 0) is 9.59 Å². The van der Waals surface area contributed by atoms with Crippen molar-refractivity contribution in [1.82, 2.24) is 0 Å². The number of anilines is 1. The van der Waals surface area contributed by atoms with Gasteiger partial charge in [-0.3, -0.25) is 14.5 Å². The third kappa shape index (κ3) is 3.80. The lowest BCUT2D eigenvalue weighted by Gasteiger charge is -2.25. The summed E-state index contributed by atoms with van der Waals surface area (Å²) in [5, 5.41) is 11.5. The van der Waals surface area contributed by atoms with Gasteiger partial charge in [-0.1, -0.05) is 60.1 Å². The number of para-hydroxylation sites is 1. The molecule has 0 aliphatic carbocycles. The van der Waals surface area contributed by atoms with E-state index in [-0.39, 0.29) is 21.9 Å². The lowest BCUT2D eigenvalue weighted by Crippen LogP contribution is -2.29. The Kier molecular flexibility index (Phi) is 5.78. The lowest BCUT2D eigenvalue weighted by atomic mass is 9.95. The van der Waals surface area contributed by atoms with Crippen molar-refractivity contribution in [3.8, 4) is 5.75 Å². The van der Waals surface area contributed by atoms with Crippen molar-refractivity contribution in [2.75, 3.05) is 11.5 Å². The first-order valence-corrected chi connectivity index (χ1v) is 10.2. The van der Waals surface area contributed by atoms with Crippen LogP contribution in [0.15, 0.2) is 84.4 Å². The van der Waals surface area contributed by atoms with Gasteiger partial charge in [0.05, 0.1) is 23.2 Å². The number of rotatable bonds is 5. The Hall–Kier alpha value is -3.57. The van der Waals surface area contributed by atoms with Crippen molar-refractivity contribution in [2.24, 2.45) is 0 Å². The molecule has 1 atom stereocenters. The summed E-state index contributed by atoms with van der Waals surface area (Å²) in [6.07, 6.45) is 0. The highest BCUT2D eigenvalue weighted by Crippen LogP contribution is 2.43. The molecule has 1 amide bonds. The quantitative estimate of drug-likeness (QED) is 0.334. The number of benzene rings is 3. The topological polar surface area (TPSA) is 66.8 Å². The summed E-state index contributed by atoms with van der Waals surface area (Å²) in [5.74, 6) is -1.31. The van der Waals surface area contributed by atoms with Gasteiger partial charge in [0, 0.05) is 11.3 Å². The van der Waals surface area contributed by atoms with Crippen LogP contribution in [0.4, 0.5) is 5.69 Å². The molecule has 1 unspecified atom stereocenters. The second kappa shape index (κ2) is 8.66. The Morgan fingerprint density at radius 3 is 2.29 bits per heavy atom. The first kappa shape index (κ1) is 20.7. The molecule has 3 aromatic rings. The van der Waals surface area contributed by atoms with E-state index in [1.54, 1.807) is 42.5 Å². The second-order valence-corrected chi connectivity index (χ2v) is 7.40. The molecule has 3 aromatic carbocycles. The van der Waals surface area contributed by atoms with Gasteiger partial charge in [0.2, 0.25) is 0 Å².